The molecule has 0 saturated carbocycles. The average molecular weight is 598 g/mol. The van der Waals surface area contributed by atoms with Crippen LogP contribution < -0.4 is 4.74 Å². The van der Waals surface area contributed by atoms with Crippen LogP contribution in [-0.2, 0) is 10.2 Å². The number of carbonyl (C=O) groups is 1. The van der Waals surface area contributed by atoms with E-state index < -0.39 is 5.97 Å². The zero-order valence-electron chi connectivity index (χ0n) is 13.4. The number of benzene rings is 2. The normalized spacial score (nSPS) is 11.3. The van der Waals surface area contributed by atoms with Crippen molar-refractivity contribution in [1.82, 2.24) is 0 Å². The van der Waals surface area contributed by atoms with Crippen LogP contribution >= 0.6 is 63.7 Å². The predicted molar refractivity (Wildman–Crippen MR) is 113 cm³/mol. The van der Waals surface area contributed by atoms with E-state index in [4.69, 9.17) is 4.74 Å². The van der Waals surface area contributed by atoms with Gasteiger partial charge in [-0.05, 0) is 99.1 Å². The molecule has 0 atom stereocenters. The molecule has 0 aromatic heterocycles. The average Bonchev–Trinajstić information content (AvgIpc) is 2.54. The maximum atomic E-state index is 11.5. The van der Waals surface area contributed by atoms with Gasteiger partial charge in [0.25, 0.3) is 0 Å². The Morgan fingerprint density at radius 2 is 1.40 bits per heavy atom. The molecule has 25 heavy (non-hydrogen) atoms. The molecule has 3 nitrogen and oxygen atoms in total. The molecule has 0 aliphatic carbocycles. The smallest absolute Gasteiger partial charge is 0.335 e. The van der Waals surface area contributed by atoms with E-state index in [2.05, 4.69) is 84.1 Å². The number of ether oxygens (including phenoxy) is 1. The fourth-order valence-corrected chi connectivity index (χ4v) is 4.79. The number of carbonyl (C=O) groups excluding carboxylic acids is 1. The molecule has 0 aliphatic heterocycles. The van der Waals surface area contributed by atoms with E-state index in [9.17, 15) is 9.90 Å². The number of phenols is 1. The molecule has 0 radical (unpaired) electrons. The van der Waals surface area contributed by atoms with Gasteiger partial charge in [-0.15, -0.1) is 0 Å². The molecule has 2 aromatic carbocycles. The molecule has 2 aromatic rings. The van der Waals surface area contributed by atoms with E-state index >= 15 is 0 Å². The van der Waals surface area contributed by atoms with Crippen LogP contribution in [0.15, 0.2) is 54.8 Å². The zero-order valence-corrected chi connectivity index (χ0v) is 19.7. The Labute approximate surface area is 180 Å². The first-order valence-corrected chi connectivity index (χ1v) is 10.3. The number of rotatable bonds is 4. The highest BCUT2D eigenvalue weighted by Crippen LogP contribution is 2.43. The number of halogens is 4. The van der Waals surface area contributed by atoms with Gasteiger partial charge in [0.1, 0.15) is 5.75 Å². The van der Waals surface area contributed by atoms with Crippen molar-refractivity contribution in [2.45, 2.75) is 19.3 Å². The molecular formula is C18H14Br4O3. The highest BCUT2D eigenvalue weighted by atomic mass is 79.9. The van der Waals surface area contributed by atoms with E-state index in [1.807, 2.05) is 24.3 Å². The molecular weight excluding hydrogens is 584 g/mol. The number of hydrogen-bond acceptors (Lipinski definition) is 3. The van der Waals surface area contributed by atoms with Gasteiger partial charge < -0.3 is 9.84 Å². The van der Waals surface area contributed by atoms with Crippen molar-refractivity contribution >= 4 is 69.7 Å². The monoisotopic (exact) mass is 594 g/mol. The minimum absolute atomic E-state index is 0.161. The molecule has 0 saturated heterocycles. The molecule has 0 heterocycles. The first-order valence-electron chi connectivity index (χ1n) is 7.10. The summed E-state index contributed by atoms with van der Waals surface area (Å²) < 4.78 is 7.78. The van der Waals surface area contributed by atoms with Gasteiger partial charge in [0, 0.05) is 11.5 Å². The van der Waals surface area contributed by atoms with E-state index in [-0.39, 0.29) is 11.2 Å². The summed E-state index contributed by atoms with van der Waals surface area (Å²) in [5.74, 6) is 0.0333. The first-order chi connectivity index (χ1) is 11.6. The minimum Gasteiger partial charge on any atom is -0.506 e. The predicted octanol–water partition coefficient (Wildman–Crippen LogP) is 6.86. The summed E-state index contributed by atoms with van der Waals surface area (Å²) in [6.45, 7) is 7.54. The van der Waals surface area contributed by atoms with Crippen molar-refractivity contribution in [3.8, 4) is 11.5 Å². The van der Waals surface area contributed by atoms with Crippen molar-refractivity contribution < 1.29 is 14.6 Å². The number of aromatic hydroxyl groups is 1. The van der Waals surface area contributed by atoms with Crippen LogP contribution in [0.1, 0.15) is 25.0 Å². The Kier molecular flexibility index (Phi) is 6.57. The number of phenolic OH excluding ortho intramolecular Hbond substituents is 1. The number of esters is 1. The lowest BCUT2D eigenvalue weighted by Gasteiger charge is -2.28. The van der Waals surface area contributed by atoms with Crippen LogP contribution in [-0.4, -0.2) is 11.1 Å². The van der Waals surface area contributed by atoms with Crippen molar-refractivity contribution in [2.75, 3.05) is 0 Å². The molecule has 1 N–H and O–H groups in total. The van der Waals surface area contributed by atoms with Crippen LogP contribution in [0.4, 0.5) is 0 Å². The summed E-state index contributed by atoms with van der Waals surface area (Å²) in [6.07, 6.45) is 1.11. The van der Waals surface area contributed by atoms with Gasteiger partial charge in [-0.1, -0.05) is 20.4 Å². The summed E-state index contributed by atoms with van der Waals surface area (Å²) in [4.78, 5) is 11.5. The molecule has 0 spiro atoms. The second kappa shape index (κ2) is 7.94. The lowest BCUT2D eigenvalue weighted by atomic mass is 9.78. The second-order valence-corrected chi connectivity index (χ2v) is 9.23. The summed E-state index contributed by atoms with van der Waals surface area (Å²) in [7, 11) is 0. The molecule has 7 heteroatoms. The van der Waals surface area contributed by atoms with E-state index in [1.54, 1.807) is 0 Å². The van der Waals surface area contributed by atoms with Gasteiger partial charge in [-0.2, -0.15) is 0 Å². The topological polar surface area (TPSA) is 46.5 Å². The minimum atomic E-state index is -0.528. The summed E-state index contributed by atoms with van der Waals surface area (Å²) in [5.41, 5.74) is 1.62. The first kappa shape index (κ1) is 20.7. The standard InChI is InChI=1S/C18H14Br4O3/c1-4-15(23)25-17-13(21)7-10(8-14(17)22)18(2,3)9-5-11(19)16(24)12(20)6-9/h4-8,24H,1H2,2-3H3. The fourth-order valence-electron chi connectivity index (χ4n) is 2.25. The third-order valence-corrected chi connectivity index (χ3v) is 6.21. The third kappa shape index (κ3) is 4.38. The van der Waals surface area contributed by atoms with Gasteiger partial charge in [-0.3, -0.25) is 0 Å². The van der Waals surface area contributed by atoms with Gasteiger partial charge in [-0.25, -0.2) is 4.79 Å². The molecule has 0 bridgehead atoms. The molecule has 0 fully saturated rings. The molecule has 132 valence electrons. The second-order valence-electron chi connectivity index (χ2n) is 5.81. The van der Waals surface area contributed by atoms with Crippen molar-refractivity contribution in [3.63, 3.8) is 0 Å². The highest BCUT2D eigenvalue weighted by Gasteiger charge is 2.27. The highest BCUT2D eigenvalue weighted by molar-refractivity contribution is 9.11. The quantitative estimate of drug-likeness (QED) is 0.238. The largest absolute Gasteiger partial charge is 0.506 e. The zero-order chi connectivity index (χ0) is 18.9. The fraction of sp³-hybridized carbons (Fsp3) is 0.167. The molecule has 0 amide bonds. The Morgan fingerprint density at radius 3 is 1.80 bits per heavy atom. The van der Waals surface area contributed by atoms with Crippen LogP contribution in [0, 0.1) is 0 Å². The summed E-state index contributed by atoms with van der Waals surface area (Å²) in [5, 5.41) is 9.93. The van der Waals surface area contributed by atoms with Gasteiger partial charge in [0.15, 0.2) is 5.75 Å². The molecule has 0 unspecified atom stereocenters. The Hall–Kier alpha value is -0.630. The third-order valence-electron chi connectivity index (χ3n) is 3.83. The van der Waals surface area contributed by atoms with Gasteiger partial charge >= 0.3 is 5.97 Å². The van der Waals surface area contributed by atoms with Crippen molar-refractivity contribution in [1.29, 1.82) is 0 Å². The van der Waals surface area contributed by atoms with E-state index in [0.717, 1.165) is 17.2 Å². The summed E-state index contributed by atoms with van der Waals surface area (Å²) >= 11 is 13.7. The maximum Gasteiger partial charge on any atom is 0.335 e. The lowest BCUT2D eigenvalue weighted by Crippen LogP contribution is -2.19. The maximum absolute atomic E-state index is 11.5. The summed E-state index contributed by atoms with van der Waals surface area (Å²) in [6, 6.07) is 7.58. The van der Waals surface area contributed by atoms with Crippen LogP contribution in [0.3, 0.4) is 0 Å². The van der Waals surface area contributed by atoms with Crippen LogP contribution in [0.2, 0.25) is 0 Å². The van der Waals surface area contributed by atoms with Crippen molar-refractivity contribution in [3.05, 3.63) is 65.9 Å². The van der Waals surface area contributed by atoms with Crippen LogP contribution in [0.5, 0.6) is 11.5 Å². The molecule has 0 aliphatic rings. The Balaban J connectivity index is 2.53. The molecule has 2 rings (SSSR count). The van der Waals surface area contributed by atoms with E-state index in [1.165, 1.54) is 0 Å². The Morgan fingerprint density at radius 1 is 1.00 bits per heavy atom. The van der Waals surface area contributed by atoms with Gasteiger partial charge in [0.2, 0.25) is 0 Å². The van der Waals surface area contributed by atoms with Gasteiger partial charge in [0.05, 0.1) is 17.9 Å². The Bertz CT molecular complexity index is 813. The lowest BCUT2D eigenvalue weighted by molar-refractivity contribution is -0.129. The van der Waals surface area contributed by atoms with Crippen molar-refractivity contribution in [2.24, 2.45) is 0 Å². The van der Waals surface area contributed by atoms with E-state index in [0.29, 0.717) is 23.6 Å². The number of hydrogen-bond donors (Lipinski definition) is 1. The SMILES string of the molecule is C=CC(=O)Oc1c(Br)cc(C(C)(C)c2cc(Br)c(O)c(Br)c2)cc1Br. The van der Waals surface area contributed by atoms with Crippen LogP contribution in [0.25, 0.3) is 0 Å².